The van der Waals surface area contributed by atoms with Gasteiger partial charge in [0, 0.05) is 0 Å². The number of carbonyl (C=O) groups is 1. The summed E-state index contributed by atoms with van der Waals surface area (Å²) in [4.78, 5) is 11.5. The lowest BCUT2D eigenvalue weighted by Gasteiger charge is -2.25. The van der Waals surface area contributed by atoms with E-state index in [0.29, 0.717) is 5.41 Å². The van der Waals surface area contributed by atoms with E-state index in [4.69, 9.17) is 4.74 Å². The van der Waals surface area contributed by atoms with Crippen molar-refractivity contribution in [1.29, 1.82) is 0 Å². The van der Waals surface area contributed by atoms with Crippen LogP contribution in [0.3, 0.4) is 0 Å². The van der Waals surface area contributed by atoms with Gasteiger partial charge in [0.15, 0.2) is 0 Å². The fourth-order valence-electron chi connectivity index (χ4n) is 2.83. The minimum Gasteiger partial charge on any atom is -0.462 e. The summed E-state index contributed by atoms with van der Waals surface area (Å²) in [6, 6.07) is 0. The van der Waals surface area contributed by atoms with Gasteiger partial charge in [0.1, 0.15) is 0 Å². The Labute approximate surface area is 106 Å². The van der Waals surface area contributed by atoms with Crippen molar-refractivity contribution in [2.75, 3.05) is 0 Å². The topological polar surface area (TPSA) is 26.3 Å². The monoisotopic (exact) mass is 240 g/mol. The van der Waals surface area contributed by atoms with Gasteiger partial charge in [-0.2, -0.15) is 0 Å². The van der Waals surface area contributed by atoms with E-state index in [9.17, 15) is 4.79 Å². The summed E-state index contributed by atoms with van der Waals surface area (Å²) in [6.07, 6.45) is 5.70. The third-order valence-electron chi connectivity index (χ3n) is 3.67. The van der Waals surface area contributed by atoms with E-state index in [1.165, 1.54) is 19.3 Å². The van der Waals surface area contributed by atoms with Gasteiger partial charge < -0.3 is 4.74 Å². The van der Waals surface area contributed by atoms with Gasteiger partial charge in [0.05, 0.1) is 12.0 Å². The van der Waals surface area contributed by atoms with Crippen LogP contribution in [0.25, 0.3) is 0 Å². The van der Waals surface area contributed by atoms with Crippen molar-refractivity contribution in [2.45, 2.75) is 72.8 Å². The Balaban J connectivity index is 2.35. The van der Waals surface area contributed by atoms with Crippen molar-refractivity contribution in [1.82, 2.24) is 0 Å². The summed E-state index contributed by atoms with van der Waals surface area (Å²) < 4.78 is 5.20. The van der Waals surface area contributed by atoms with Gasteiger partial charge in [-0.3, -0.25) is 4.79 Å². The maximum atomic E-state index is 11.5. The van der Waals surface area contributed by atoms with Gasteiger partial charge >= 0.3 is 5.97 Å². The summed E-state index contributed by atoms with van der Waals surface area (Å²) in [5.74, 6) is 0.945. The van der Waals surface area contributed by atoms with Crippen LogP contribution < -0.4 is 0 Å². The standard InChI is InChI=1S/C15H28O2/c1-6-12(10-15(3,4)5)7-8-13-9-11(2)17-14(13)16/h11-13H,6-10H2,1-5H3. The molecule has 100 valence electrons. The highest BCUT2D eigenvalue weighted by atomic mass is 16.5. The Morgan fingerprint density at radius 1 is 1.41 bits per heavy atom. The molecule has 1 aliphatic rings. The molecular weight excluding hydrogens is 212 g/mol. The minimum absolute atomic E-state index is 0.0307. The molecule has 0 N–H and O–H groups in total. The number of hydrogen-bond donors (Lipinski definition) is 0. The predicted molar refractivity (Wildman–Crippen MR) is 70.7 cm³/mol. The summed E-state index contributed by atoms with van der Waals surface area (Å²) in [5, 5.41) is 0. The van der Waals surface area contributed by atoms with Crippen molar-refractivity contribution >= 4 is 5.97 Å². The second-order valence-corrected chi connectivity index (χ2v) is 6.80. The Hall–Kier alpha value is -0.530. The quantitative estimate of drug-likeness (QED) is 0.674. The van der Waals surface area contributed by atoms with Gasteiger partial charge in [-0.05, 0) is 43.9 Å². The second kappa shape index (κ2) is 5.88. The van der Waals surface area contributed by atoms with Crippen molar-refractivity contribution in [2.24, 2.45) is 17.3 Å². The number of cyclic esters (lactones) is 1. The summed E-state index contributed by atoms with van der Waals surface area (Å²) >= 11 is 0. The average molecular weight is 240 g/mol. The second-order valence-electron chi connectivity index (χ2n) is 6.80. The van der Waals surface area contributed by atoms with Crippen LogP contribution in [0.4, 0.5) is 0 Å². The van der Waals surface area contributed by atoms with Crippen LogP contribution in [-0.2, 0) is 9.53 Å². The van der Waals surface area contributed by atoms with Crippen LogP contribution in [0.5, 0.6) is 0 Å². The fourth-order valence-corrected chi connectivity index (χ4v) is 2.83. The van der Waals surface area contributed by atoms with E-state index in [1.54, 1.807) is 0 Å². The lowest BCUT2D eigenvalue weighted by molar-refractivity contribution is -0.144. The lowest BCUT2D eigenvalue weighted by atomic mass is 9.80. The average Bonchev–Trinajstić information content (AvgIpc) is 2.50. The molecule has 0 aromatic heterocycles. The summed E-state index contributed by atoms with van der Waals surface area (Å²) in [5.41, 5.74) is 0.393. The molecule has 1 fully saturated rings. The van der Waals surface area contributed by atoms with E-state index in [0.717, 1.165) is 18.8 Å². The molecule has 0 amide bonds. The molecule has 1 rings (SSSR count). The van der Waals surface area contributed by atoms with Crippen LogP contribution in [0, 0.1) is 17.3 Å². The smallest absolute Gasteiger partial charge is 0.309 e. The molecule has 0 bridgehead atoms. The van der Waals surface area contributed by atoms with Gasteiger partial charge in [0.2, 0.25) is 0 Å². The summed E-state index contributed by atoms with van der Waals surface area (Å²) in [7, 11) is 0. The SMILES string of the molecule is CCC(CCC1CC(C)OC1=O)CC(C)(C)C. The maximum absolute atomic E-state index is 11.5. The number of ether oxygens (including phenoxy) is 1. The number of hydrogen-bond acceptors (Lipinski definition) is 2. The number of rotatable bonds is 5. The zero-order valence-electron chi connectivity index (χ0n) is 12.1. The first-order valence-corrected chi connectivity index (χ1v) is 7.02. The molecule has 0 aliphatic carbocycles. The molecule has 0 saturated carbocycles. The first kappa shape index (κ1) is 14.5. The van der Waals surface area contributed by atoms with Crippen molar-refractivity contribution < 1.29 is 9.53 Å². The Morgan fingerprint density at radius 3 is 2.47 bits per heavy atom. The summed E-state index contributed by atoms with van der Waals surface area (Å²) in [6.45, 7) is 11.1. The van der Waals surface area contributed by atoms with Crippen molar-refractivity contribution in [3.05, 3.63) is 0 Å². The third-order valence-corrected chi connectivity index (χ3v) is 3.67. The number of esters is 1. The first-order valence-electron chi connectivity index (χ1n) is 7.02. The molecule has 3 atom stereocenters. The van der Waals surface area contributed by atoms with Crippen molar-refractivity contribution in [3.63, 3.8) is 0 Å². The Kier molecular flexibility index (Phi) is 5.03. The van der Waals surface area contributed by atoms with E-state index >= 15 is 0 Å². The first-order chi connectivity index (χ1) is 7.81. The van der Waals surface area contributed by atoms with Crippen LogP contribution in [0.2, 0.25) is 0 Å². The maximum Gasteiger partial charge on any atom is 0.309 e. The zero-order chi connectivity index (χ0) is 13.1. The van der Waals surface area contributed by atoms with E-state index in [-0.39, 0.29) is 18.0 Å². The molecule has 2 nitrogen and oxygen atoms in total. The van der Waals surface area contributed by atoms with Gasteiger partial charge in [-0.1, -0.05) is 34.1 Å². The number of carbonyl (C=O) groups excluding carboxylic acids is 1. The molecular formula is C15H28O2. The third kappa shape index (κ3) is 5.10. The van der Waals surface area contributed by atoms with Crippen LogP contribution in [0.15, 0.2) is 0 Å². The predicted octanol–water partition coefficient (Wildman–Crippen LogP) is 4.18. The highest BCUT2D eigenvalue weighted by Gasteiger charge is 2.32. The van der Waals surface area contributed by atoms with E-state index < -0.39 is 0 Å². The molecule has 1 saturated heterocycles. The highest BCUT2D eigenvalue weighted by molar-refractivity contribution is 5.74. The normalized spacial score (nSPS) is 27.0. The molecule has 1 aliphatic heterocycles. The van der Waals surface area contributed by atoms with Gasteiger partial charge in [0.25, 0.3) is 0 Å². The molecule has 0 aromatic rings. The fraction of sp³-hybridized carbons (Fsp3) is 0.933. The molecule has 17 heavy (non-hydrogen) atoms. The molecule has 0 aromatic carbocycles. The molecule has 0 radical (unpaired) electrons. The lowest BCUT2D eigenvalue weighted by Crippen LogP contribution is -2.15. The van der Waals surface area contributed by atoms with E-state index in [2.05, 4.69) is 27.7 Å². The van der Waals surface area contributed by atoms with Crippen molar-refractivity contribution in [3.8, 4) is 0 Å². The highest BCUT2D eigenvalue weighted by Crippen LogP contribution is 2.32. The zero-order valence-corrected chi connectivity index (χ0v) is 12.1. The van der Waals surface area contributed by atoms with Crippen LogP contribution in [-0.4, -0.2) is 12.1 Å². The Morgan fingerprint density at radius 2 is 2.06 bits per heavy atom. The molecule has 3 unspecified atom stereocenters. The Bertz CT molecular complexity index is 252. The molecule has 1 heterocycles. The van der Waals surface area contributed by atoms with Crippen LogP contribution in [0.1, 0.15) is 66.7 Å². The van der Waals surface area contributed by atoms with Crippen LogP contribution >= 0.6 is 0 Å². The van der Waals surface area contributed by atoms with Gasteiger partial charge in [-0.15, -0.1) is 0 Å². The largest absolute Gasteiger partial charge is 0.462 e. The molecule has 0 spiro atoms. The van der Waals surface area contributed by atoms with Gasteiger partial charge in [-0.25, -0.2) is 0 Å². The minimum atomic E-state index is 0.0307. The molecule has 2 heteroatoms. The van der Waals surface area contributed by atoms with E-state index in [1.807, 2.05) is 6.92 Å².